The number of oxime groups is 1. The lowest BCUT2D eigenvalue weighted by molar-refractivity contribution is 0.321. The molecule has 0 aliphatic rings. The Kier molecular flexibility index (Phi) is 4.58. The van der Waals surface area contributed by atoms with Gasteiger partial charge in [0.05, 0.1) is 4.90 Å². The molecule has 0 amide bonds. The summed E-state index contributed by atoms with van der Waals surface area (Å²) in [6.45, 7) is 1.93. The fourth-order valence-corrected chi connectivity index (χ4v) is 3.33. The molecule has 25 heavy (non-hydrogen) atoms. The van der Waals surface area contributed by atoms with Crippen LogP contribution < -0.4 is 4.72 Å². The van der Waals surface area contributed by atoms with Gasteiger partial charge >= 0.3 is 0 Å². The Morgan fingerprint density at radius 2 is 1.68 bits per heavy atom. The molecule has 0 fully saturated rings. The van der Waals surface area contributed by atoms with Gasteiger partial charge in [-0.1, -0.05) is 22.9 Å². The van der Waals surface area contributed by atoms with E-state index in [1.54, 1.807) is 36.4 Å². The van der Waals surface area contributed by atoms with E-state index in [0.29, 0.717) is 22.8 Å². The average Bonchev–Trinajstić information content (AvgIpc) is 3.06. The maximum atomic E-state index is 12.4. The van der Waals surface area contributed by atoms with Crippen molar-refractivity contribution in [2.45, 2.75) is 11.8 Å². The average molecular weight is 356 g/mol. The van der Waals surface area contributed by atoms with Crippen LogP contribution in [0.2, 0.25) is 0 Å². The summed E-state index contributed by atoms with van der Waals surface area (Å²) in [7, 11) is -3.66. The number of furan rings is 1. The molecule has 0 saturated heterocycles. The summed E-state index contributed by atoms with van der Waals surface area (Å²) in [5.74, 6) is 0.945. The van der Waals surface area contributed by atoms with Gasteiger partial charge < -0.3 is 9.62 Å². The second-order valence-electron chi connectivity index (χ2n) is 5.44. The largest absolute Gasteiger partial charge is 0.455 e. The van der Waals surface area contributed by atoms with Crippen LogP contribution in [-0.4, -0.2) is 19.8 Å². The van der Waals surface area contributed by atoms with Crippen LogP contribution in [0.15, 0.2) is 75.1 Å². The van der Waals surface area contributed by atoms with Gasteiger partial charge in [-0.25, -0.2) is 8.42 Å². The minimum atomic E-state index is -3.66. The molecule has 7 heteroatoms. The van der Waals surface area contributed by atoms with Crippen LogP contribution in [0.3, 0.4) is 0 Å². The molecule has 3 aromatic rings. The zero-order valence-corrected chi connectivity index (χ0v) is 14.2. The van der Waals surface area contributed by atoms with E-state index >= 15 is 0 Å². The number of hydrogen-bond donors (Lipinski definition) is 2. The Bertz CT molecular complexity index is 988. The van der Waals surface area contributed by atoms with Gasteiger partial charge in [0.25, 0.3) is 10.0 Å². The third-order valence-corrected chi connectivity index (χ3v) is 4.96. The van der Waals surface area contributed by atoms with Crippen molar-refractivity contribution in [3.05, 3.63) is 72.0 Å². The highest BCUT2D eigenvalue weighted by Gasteiger charge is 2.14. The second-order valence-corrected chi connectivity index (χ2v) is 7.12. The highest BCUT2D eigenvalue weighted by Crippen LogP contribution is 2.24. The molecule has 0 aliphatic heterocycles. The number of anilines is 1. The molecule has 1 heterocycles. The smallest absolute Gasteiger partial charge is 0.261 e. The van der Waals surface area contributed by atoms with Crippen molar-refractivity contribution in [1.29, 1.82) is 0 Å². The number of aryl methyl sites for hydroxylation is 1. The predicted molar refractivity (Wildman–Crippen MR) is 95.5 cm³/mol. The van der Waals surface area contributed by atoms with Gasteiger partial charge in [-0.05, 0) is 55.5 Å². The van der Waals surface area contributed by atoms with Gasteiger partial charge in [-0.3, -0.25) is 4.72 Å². The molecule has 0 radical (unpaired) electrons. The van der Waals surface area contributed by atoms with Crippen LogP contribution in [0.25, 0.3) is 11.3 Å². The fraction of sp³-hybridized carbons (Fsp3) is 0.0556. The van der Waals surface area contributed by atoms with E-state index in [-0.39, 0.29) is 4.90 Å². The summed E-state index contributed by atoms with van der Waals surface area (Å²) in [6.07, 6.45) is 1.17. The number of nitrogens with one attached hydrogen (secondary N) is 1. The number of sulfonamides is 1. The molecule has 0 unspecified atom stereocenters. The van der Waals surface area contributed by atoms with Crippen LogP contribution in [0.4, 0.5) is 5.69 Å². The predicted octanol–water partition coefficient (Wildman–Crippen LogP) is 3.86. The van der Waals surface area contributed by atoms with Gasteiger partial charge in [-0.2, -0.15) is 0 Å². The summed E-state index contributed by atoms with van der Waals surface area (Å²) in [6, 6.07) is 16.8. The Morgan fingerprint density at radius 3 is 2.32 bits per heavy atom. The lowest BCUT2D eigenvalue weighted by Gasteiger charge is -2.08. The van der Waals surface area contributed by atoms with E-state index in [4.69, 9.17) is 9.62 Å². The van der Waals surface area contributed by atoms with Gasteiger partial charge in [0.15, 0.2) is 0 Å². The summed E-state index contributed by atoms with van der Waals surface area (Å²) in [5.41, 5.74) is 2.27. The third kappa shape index (κ3) is 3.89. The molecule has 1 aromatic heterocycles. The van der Waals surface area contributed by atoms with Gasteiger partial charge in [0.1, 0.15) is 17.7 Å². The minimum Gasteiger partial charge on any atom is -0.455 e. The molecule has 0 aliphatic carbocycles. The first-order valence-electron chi connectivity index (χ1n) is 7.45. The monoisotopic (exact) mass is 356 g/mol. The van der Waals surface area contributed by atoms with Crippen molar-refractivity contribution in [3.8, 4) is 11.3 Å². The van der Waals surface area contributed by atoms with Crippen LogP contribution in [0.1, 0.15) is 11.3 Å². The standard InChI is InChI=1S/C18H16N2O4S/c1-13-2-6-15(7-3-13)20-25(22,23)17-9-4-14(5-10-17)18-11-8-16(24-18)12-19-21/h2-12,20-21H,1H3/b19-12-. The number of nitrogens with zero attached hydrogens (tertiary/aromatic N) is 1. The molecule has 0 bridgehead atoms. The highest BCUT2D eigenvalue weighted by molar-refractivity contribution is 7.92. The van der Waals surface area contributed by atoms with Crippen LogP contribution in [-0.2, 0) is 10.0 Å². The number of rotatable bonds is 5. The molecule has 0 atom stereocenters. The van der Waals surface area contributed by atoms with Crippen molar-refractivity contribution in [3.63, 3.8) is 0 Å². The van der Waals surface area contributed by atoms with Crippen molar-refractivity contribution in [2.75, 3.05) is 4.72 Å². The first-order chi connectivity index (χ1) is 12.0. The zero-order chi connectivity index (χ0) is 17.9. The Hall–Kier alpha value is -3.06. The van der Waals surface area contributed by atoms with Crippen LogP contribution >= 0.6 is 0 Å². The van der Waals surface area contributed by atoms with Crippen LogP contribution in [0.5, 0.6) is 0 Å². The molecular formula is C18H16N2O4S. The van der Waals surface area contributed by atoms with E-state index in [1.807, 2.05) is 19.1 Å². The normalized spacial score (nSPS) is 11.7. The van der Waals surface area contributed by atoms with Crippen molar-refractivity contribution >= 4 is 21.9 Å². The van der Waals surface area contributed by atoms with Crippen LogP contribution in [0, 0.1) is 6.92 Å². The Labute approximate surface area is 145 Å². The summed E-state index contributed by atoms with van der Waals surface area (Å²) < 4.78 is 32.9. The molecule has 3 rings (SSSR count). The molecule has 128 valence electrons. The van der Waals surface area contributed by atoms with E-state index < -0.39 is 10.0 Å². The van der Waals surface area contributed by atoms with Gasteiger partial charge in [-0.15, -0.1) is 0 Å². The maximum Gasteiger partial charge on any atom is 0.261 e. The van der Waals surface area contributed by atoms with E-state index in [9.17, 15) is 8.42 Å². The maximum absolute atomic E-state index is 12.4. The van der Waals surface area contributed by atoms with Crippen molar-refractivity contribution in [1.82, 2.24) is 0 Å². The lowest BCUT2D eigenvalue weighted by Crippen LogP contribution is -2.12. The number of hydrogen-bond acceptors (Lipinski definition) is 5. The Morgan fingerprint density at radius 1 is 1.00 bits per heavy atom. The second kappa shape index (κ2) is 6.82. The third-order valence-electron chi connectivity index (χ3n) is 3.56. The summed E-state index contributed by atoms with van der Waals surface area (Å²) in [5, 5.41) is 11.4. The number of benzene rings is 2. The zero-order valence-electron chi connectivity index (χ0n) is 13.4. The van der Waals surface area contributed by atoms with Crippen molar-refractivity contribution < 1.29 is 18.0 Å². The van der Waals surface area contributed by atoms with E-state index in [1.165, 1.54) is 18.3 Å². The molecule has 6 nitrogen and oxygen atoms in total. The van der Waals surface area contributed by atoms with Crippen molar-refractivity contribution in [2.24, 2.45) is 5.16 Å². The lowest BCUT2D eigenvalue weighted by atomic mass is 10.2. The Balaban J connectivity index is 1.81. The summed E-state index contributed by atoms with van der Waals surface area (Å²) in [4.78, 5) is 0.153. The van der Waals surface area contributed by atoms with Gasteiger partial charge in [0, 0.05) is 11.3 Å². The molecule has 0 saturated carbocycles. The SMILES string of the molecule is Cc1ccc(NS(=O)(=O)c2ccc(-c3ccc(/C=N\O)o3)cc2)cc1. The highest BCUT2D eigenvalue weighted by atomic mass is 32.2. The minimum absolute atomic E-state index is 0.153. The summed E-state index contributed by atoms with van der Waals surface area (Å²) >= 11 is 0. The molecule has 0 spiro atoms. The quantitative estimate of drug-likeness (QED) is 0.412. The fourth-order valence-electron chi connectivity index (χ4n) is 2.27. The topological polar surface area (TPSA) is 91.9 Å². The van der Waals surface area contributed by atoms with E-state index in [0.717, 1.165) is 5.56 Å². The molecule has 2 N–H and O–H groups in total. The first kappa shape index (κ1) is 16.8. The molecule has 2 aromatic carbocycles. The van der Waals surface area contributed by atoms with Gasteiger partial charge in [0.2, 0.25) is 0 Å². The first-order valence-corrected chi connectivity index (χ1v) is 8.93. The van der Waals surface area contributed by atoms with E-state index in [2.05, 4.69) is 9.88 Å². The molecular weight excluding hydrogens is 340 g/mol.